The third-order valence-corrected chi connectivity index (χ3v) is 4.35. The van der Waals surface area contributed by atoms with Gasteiger partial charge in [-0.3, -0.25) is 14.9 Å². The summed E-state index contributed by atoms with van der Waals surface area (Å²) >= 11 is 0. The van der Waals surface area contributed by atoms with Crippen molar-refractivity contribution in [3.63, 3.8) is 0 Å². The van der Waals surface area contributed by atoms with Crippen molar-refractivity contribution in [3.8, 4) is 11.5 Å². The van der Waals surface area contributed by atoms with E-state index < -0.39 is 11.0 Å². The number of carbonyl (C=O) groups excluding carboxylic acids is 1. The first-order chi connectivity index (χ1) is 13.0. The van der Waals surface area contributed by atoms with Gasteiger partial charge < -0.3 is 24.8 Å². The number of methoxy groups -OCH3 is 2. The lowest BCUT2D eigenvalue weighted by molar-refractivity contribution is -0.384. The molecule has 138 valence electrons. The lowest BCUT2D eigenvalue weighted by atomic mass is 10.0. The Morgan fingerprint density at radius 1 is 1.04 bits per heavy atom. The molecule has 2 aromatic carbocycles. The van der Waals surface area contributed by atoms with Crippen molar-refractivity contribution in [2.45, 2.75) is 6.10 Å². The number of nitrogens with one attached hydrogen (secondary N) is 2. The average Bonchev–Trinajstić information content (AvgIpc) is 3.01. The number of Topliss-reactive ketones (excluding diaryl/α,β-unsaturated/α-hetero) is 1. The predicted octanol–water partition coefficient (Wildman–Crippen LogP) is 2.96. The Bertz CT molecular complexity index is 978. The topological polar surface area (TPSA) is 112 Å². The van der Waals surface area contributed by atoms with Crippen molar-refractivity contribution in [1.29, 1.82) is 0 Å². The number of carbonyl (C=O) groups is 1. The molecule has 1 atom stereocenters. The summed E-state index contributed by atoms with van der Waals surface area (Å²) in [6.45, 7) is 0. The van der Waals surface area contributed by atoms with Crippen LogP contribution >= 0.6 is 0 Å². The zero-order chi connectivity index (χ0) is 19.1. The molecule has 0 radical (unpaired) electrons. The van der Waals surface area contributed by atoms with Crippen LogP contribution in [0.4, 0.5) is 17.1 Å². The van der Waals surface area contributed by atoms with Crippen molar-refractivity contribution in [1.82, 2.24) is 0 Å². The molecule has 2 aromatic rings. The van der Waals surface area contributed by atoms with Gasteiger partial charge in [0, 0.05) is 23.8 Å². The number of nitro benzene ring substituents is 1. The SMILES string of the molecule is COc1cc(OC)cc([C@H]2OC3=C(Nc4ccc([N+](=O)[O-])cc4N3)C2=O)c1. The van der Waals surface area contributed by atoms with E-state index in [0.717, 1.165) is 0 Å². The number of anilines is 2. The van der Waals surface area contributed by atoms with Crippen LogP contribution in [0.3, 0.4) is 0 Å². The lowest BCUT2D eigenvalue weighted by Gasteiger charge is -2.19. The number of non-ortho nitro benzene ring substituents is 1. The Kier molecular flexibility index (Phi) is 3.84. The maximum atomic E-state index is 12.8. The van der Waals surface area contributed by atoms with E-state index in [2.05, 4.69) is 10.6 Å². The Labute approximate surface area is 153 Å². The minimum atomic E-state index is -0.886. The van der Waals surface area contributed by atoms with Crippen molar-refractivity contribution in [2.75, 3.05) is 24.9 Å². The molecule has 9 nitrogen and oxygen atoms in total. The van der Waals surface area contributed by atoms with Crippen molar-refractivity contribution in [2.24, 2.45) is 0 Å². The molecular weight excluding hydrogens is 354 g/mol. The molecule has 0 spiro atoms. The van der Waals surface area contributed by atoms with Crippen molar-refractivity contribution < 1.29 is 23.9 Å². The van der Waals surface area contributed by atoms with Crippen molar-refractivity contribution >= 4 is 22.8 Å². The van der Waals surface area contributed by atoms with E-state index >= 15 is 0 Å². The highest BCUT2D eigenvalue weighted by Gasteiger charge is 2.39. The van der Waals surface area contributed by atoms with E-state index in [-0.39, 0.29) is 23.1 Å². The van der Waals surface area contributed by atoms with E-state index in [1.165, 1.54) is 26.4 Å². The van der Waals surface area contributed by atoms with Crippen LogP contribution < -0.4 is 20.1 Å². The Hall–Kier alpha value is -3.75. The number of hydrogen-bond acceptors (Lipinski definition) is 8. The number of nitro groups is 1. The van der Waals surface area contributed by atoms with Crippen LogP contribution in [-0.2, 0) is 9.53 Å². The fourth-order valence-electron chi connectivity index (χ4n) is 3.00. The first-order valence-corrected chi connectivity index (χ1v) is 8.00. The molecule has 2 aliphatic heterocycles. The summed E-state index contributed by atoms with van der Waals surface area (Å²) in [6, 6.07) is 9.37. The molecule has 4 rings (SSSR count). The normalized spacial score (nSPS) is 17.3. The molecule has 27 heavy (non-hydrogen) atoms. The molecule has 0 saturated carbocycles. The van der Waals surface area contributed by atoms with E-state index in [9.17, 15) is 14.9 Å². The third-order valence-electron chi connectivity index (χ3n) is 4.35. The maximum absolute atomic E-state index is 12.8. The number of ketones is 1. The fourth-order valence-corrected chi connectivity index (χ4v) is 3.00. The summed E-state index contributed by atoms with van der Waals surface area (Å²) in [7, 11) is 3.04. The van der Waals surface area contributed by atoms with Crippen LogP contribution in [0.1, 0.15) is 11.7 Å². The average molecular weight is 369 g/mol. The molecule has 2 aliphatic rings. The molecule has 0 fully saturated rings. The largest absolute Gasteiger partial charge is 0.497 e. The van der Waals surface area contributed by atoms with Crippen LogP contribution in [-0.4, -0.2) is 24.9 Å². The Morgan fingerprint density at radius 3 is 2.37 bits per heavy atom. The van der Waals surface area contributed by atoms with Gasteiger partial charge >= 0.3 is 0 Å². The fraction of sp³-hybridized carbons (Fsp3) is 0.167. The second-order valence-electron chi connectivity index (χ2n) is 5.95. The van der Waals surface area contributed by atoms with Gasteiger partial charge in [0.1, 0.15) is 17.2 Å². The molecule has 0 amide bonds. The number of fused-ring (bicyclic) bond motifs is 1. The Morgan fingerprint density at radius 2 is 1.74 bits per heavy atom. The molecule has 0 aromatic heterocycles. The number of ether oxygens (including phenoxy) is 3. The molecule has 9 heteroatoms. The summed E-state index contributed by atoms with van der Waals surface area (Å²) in [4.78, 5) is 23.3. The van der Waals surface area contributed by atoms with Gasteiger partial charge in [-0.25, -0.2) is 0 Å². The lowest BCUT2D eigenvalue weighted by Crippen LogP contribution is -2.18. The van der Waals surface area contributed by atoms with E-state index in [0.29, 0.717) is 28.4 Å². The Balaban J connectivity index is 1.65. The first-order valence-electron chi connectivity index (χ1n) is 8.00. The zero-order valence-corrected chi connectivity index (χ0v) is 14.4. The zero-order valence-electron chi connectivity index (χ0n) is 14.4. The second-order valence-corrected chi connectivity index (χ2v) is 5.95. The standard InChI is InChI=1S/C18H15N3O6/c1-25-11-5-9(6-12(8-11)26-2)17-16(22)15-18(27-17)20-14-7-10(21(23)24)3-4-13(14)19-15/h3-8,17,19-20H,1-2H3/t17-/m1/s1. The monoisotopic (exact) mass is 369 g/mol. The van der Waals surface area contributed by atoms with Crippen LogP contribution in [0.15, 0.2) is 48.0 Å². The summed E-state index contributed by atoms with van der Waals surface area (Å²) in [5.41, 5.74) is 1.79. The summed E-state index contributed by atoms with van der Waals surface area (Å²) in [6.07, 6.45) is -0.886. The van der Waals surface area contributed by atoms with Gasteiger partial charge in [-0.1, -0.05) is 0 Å². The third kappa shape index (κ3) is 2.78. The first kappa shape index (κ1) is 16.7. The van der Waals surface area contributed by atoms with Gasteiger partial charge in [-0.2, -0.15) is 0 Å². The molecule has 0 saturated heterocycles. The molecule has 2 heterocycles. The molecular formula is C18H15N3O6. The highest BCUT2D eigenvalue weighted by molar-refractivity contribution is 6.06. The van der Waals surface area contributed by atoms with E-state index in [4.69, 9.17) is 14.2 Å². The van der Waals surface area contributed by atoms with Gasteiger partial charge in [0.15, 0.2) is 6.10 Å². The van der Waals surface area contributed by atoms with Crippen molar-refractivity contribution in [3.05, 3.63) is 63.7 Å². The van der Waals surface area contributed by atoms with Gasteiger partial charge in [-0.15, -0.1) is 0 Å². The molecule has 0 unspecified atom stereocenters. The summed E-state index contributed by atoms with van der Waals surface area (Å²) in [5, 5.41) is 16.9. The highest BCUT2D eigenvalue weighted by atomic mass is 16.6. The van der Waals surface area contributed by atoms with Gasteiger partial charge in [0.2, 0.25) is 11.7 Å². The highest BCUT2D eigenvalue weighted by Crippen LogP contribution is 2.41. The smallest absolute Gasteiger partial charge is 0.271 e. The van der Waals surface area contributed by atoms with E-state index in [1.54, 1.807) is 24.3 Å². The number of nitrogens with zero attached hydrogens (tertiary/aromatic N) is 1. The van der Waals surface area contributed by atoms with Crippen LogP contribution in [0.2, 0.25) is 0 Å². The molecule has 0 aliphatic carbocycles. The van der Waals surface area contributed by atoms with Gasteiger partial charge in [0.25, 0.3) is 5.69 Å². The quantitative estimate of drug-likeness (QED) is 0.625. The molecule has 2 N–H and O–H groups in total. The van der Waals surface area contributed by atoms with Crippen LogP contribution in [0.25, 0.3) is 0 Å². The molecule has 0 bridgehead atoms. The number of benzene rings is 2. The number of hydrogen-bond donors (Lipinski definition) is 2. The van der Waals surface area contributed by atoms with Gasteiger partial charge in [0.05, 0.1) is 30.5 Å². The minimum absolute atomic E-state index is 0.0643. The van der Waals surface area contributed by atoms with Gasteiger partial charge in [-0.05, 0) is 18.2 Å². The van der Waals surface area contributed by atoms with Crippen LogP contribution in [0, 0.1) is 10.1 Å². The summed E-state index contributed by atoms with van der Waals surface area (Å²) < 4.78 is 16.3. The predicted molar refractivity (Wildman–Crippen MR) is 95.7 cm³/mol. The number of rotatable bonds is 4. The van der Waals surface area contributed by atoms with Crippen LogP contribution in [0.5, 0.6) is 11.5 Å². The maximum Gasteiger partial charge on any atom is 0.271 e. The second kappa shape index (κ2) is 6.20. The summed E-state index contributed by atoms with van der Waals surface area (Å²) in [5.74, 6) is 1.02. The van der Waals surface area contributed by atoms with E-state index in [1.807, 2.05) is 0 Å². The minimum Gasteiger partial charge on any atom is -0.497 e.